The molecule has 1 saturated heterocycles. The van der Waals surface area contributed by atoms with E-state index in [9.17, 15) is 9.18 Å². The van der Waals surface area contributed by atoms with E-state index in [1.54, 1.807) is 20.8 Å². The first-order chi connectivity index (χ1) is 14.1. The predicted octanol–water partition coefficient (Wildman–Crippen LogP) is 5.87. The van der Waals surface area contributed by atoms with Gasteiger partial charge in [-0.15, -0.1) is 0 Å². The fourth-order valence-corrected chi connectivity index (χ4v) is 3.85. The van der Waals surface area contributed by atoms with E-state index in [-0.39, 0.29) is 28.5 Å². The standard InChI is InChI=1S/C24H29ClFNO3/c1-16-21(11-8-12-27(16)15-17-9-6-5-7-10-17)29-22-14-20(26)18(13-19(22)25)23(28)30-24(2,3)4/h5-7,9-10,13-14,16,21H,8,11-12,15H2,1-4H3/t16-,21+/m0/s1. The summed E-state index contributed by atoms with van der Waals surface area (Å²) in [5.41, 5.74) is 0.339. The summed E-state index contributed by atoms with van der Waals surface area (Å²) in [5, 5.41) is 0.199. The van der Waals surface area contributed by atoms with Gasteiger partial charge >= 0.3 is 5.97 Å². The second kappa shape index (κ2) is 9.36. The maximum atomic E-state index is 14.6. The lowest BCUT2D eigenvalue weighted by Crippen LogP contribution is -2.48. The quantitative estimate of drug-likeness (QED) is 0.553. The molecule has 4 nitrogen and oxygen atoms in total. The van der Waals surface area contributed by atoms with Gasteiger partial charge in [-0.1, -0.05) is 41.9 Å². The van der Waals surface area contributed by atoms with E-state index in [0.29, 0.717) is 0 Å². The van der Waals surface area contributed by atoms with Crippen molar-refractivity contribution in [3.8, 4) is 5.75 Å². The summed E-state index contributed by atoms with van der Waals surface area (Å²) in [4.78, 5) is 14.6. The van der Waals surface area contributed by atoms with Gasteiger partial charge in [0.2, 0.25) is 0 Å². The third-order valence-electron chi connectivity index (χ3n) is 5.20. The van der Waals surface area contributed by atoms with Crippen LogP contribution in [0.1, 0.15) is 56.5 Å². The Balaban J connectivity index is 1.72. The number of hydrogen-bond acceptors (Lipinski definition) is 4. The van der Waals surface area contributed by atoms with Gasteiger partial charge in [0.15, 0.2) is 0 Å². The van der Waals surface area contributed by atoms with E-state index >= 15 is 0 Å². The fraction of sp³-hybridized carbons (Fsp3) is 0.458. The molecule has 0 N–H and O–H groups in total. The number of rotatable bonds is 5. The summed E-state index contributed by atoms with van der Waals surface area (Å²) < 4.78 is 26.0. The van der Waals surface area contributed by atoms with E-state index in [2.05, 4.69) is 24.0 Å². The Kier molecular flexibility index (Phi) is 7.04. The first kappa shape index (κ1) is 22.6. The van der Waals surface area contributed by atoms with Crippen molar-refractivity contribution in [2.24, 2.45) is 0 Å². The first-order valence-electron chi connectivity index (χ1n) is 10.3. The highest BCUT2D eigenvalue weighted by Gasteiger charge is 2.30. The largest absolute Gasteiger partial charge is 0.487 e. The molecule has 1 heterocycles. The molecule has 1 aliphatic rings. The molecule has 2 aromatic carbocycles. The number of carbonyl (C=O) groups is 1. The molecule has 2 atom stereocenters. The minimum atomic E-state index is -0.742. The fourth-order valence-electron chi connectivity index (χ4n) is 3.65. The van der Waals surface area contributed by atoms with Crippen LogP contribution in [0.15, 0.2) is 42.5 Å². The molecule has 0 spiro atoms. The van der Waals surface area contributed by atoms with Crippen LogP contribution in [0.3, 0.4) is 0 Å². The molecular formula is C24H29ClFNO3. The van der Waals surface area contributed by atoms with Crippen molar-refractivity contribution in [3.63, 3.8) is 0 Å². The number of ether oxygens (including phenoxy) is 2. The smallest absolute Gasteiger partial charge is 0.341 e. The third-order valence-corrected chi connectivity index (χ3v) is 5.49. The predicted molar refractivity (Wildman–Crippen MR) is 117 cm³/mol. The molecule has 162 valence electrons. The van der Waals surface area contributed by atoms with Crippen molar-refractivity contribution < 1.29 is 18.7 Å². The zero-order valence-corrected chi connectivity index (χ0v) is 18.7. The van der Waals surface area contributed by atoms with E-state index in [0.717, 1.165) is 25.9 Å². The number of likely N-dealkylation sites (tertiary alicyclic amines) is 1. The Labute approximate surface area is 182 Å². The highest BCUT2D eigenvalue weighted by Crippen LogP contribution is 2.32. The van der Waals surface area contributed by atoms with E-state index in [1.165, 1.54) is 17.7 Å². The molecule has 1 fully saturated rings. The topological polar surface area (TPSA) is 38.8 Å². The number of nitrogens with zero attached hydrogens (tertiary/aromatic N) is 1. The van der Waals surface area contributed by atoms with Crippen molar-refractivity contribution in [2.45, 2.75) is 64.8 Å². The van der Waals surface area contributed by atoms with Crippen molar-refractivity contribution in [1.29, 1.82) is 0 Å². The van der Waals surface area contributed by atoms with Gasteiger partial charge < -0.3 is 9.47 Å². The first-order valence-corrected chi connectivity index (χ1v) is 10.7. The second-order valence-electron chi connectivity index (χ2n) is 8.76. The highest BCUT2D eigenvalue weighted by molar-refractivity contribution is 6.32. The lowest BCUT2D eigenvalue weighted by molar-refractivity contribution is 0.00643. The van der Waals surface area contributed by atoms with Gasteiger partial charge in [-0.05, 0) is 58.7 Å². The Morgan fingerprint density at radius 3 is 2.60 bits per heavy atom. The normalized spacial score (nSPS) is 20.1. The maximum Gasteiger partial charge on any atom is 0.341 e. The number of esters is 1. The summed E-state index contributed by atoms with van der Waals surface area (Å²) >= 11 is 6.34. The molecule has 1 aliphatic heterocycles. The molecule has 0 aromatic heterocycles. The maximum absolute atomic E-state index is 14.6. The summed E-state index contributed by atoms with van der Waals surface area (Å²) in [7, 11) is 0. The zero-order chi connectivity index (χ0) is 21.9. The van der Waals surface area contributed by atoms with Crippen LogP contribution in [0.4, 0.5) is 4.39 Å². The second-order valence-corrected chi connectivity index (χ2v) is 9.17. The van der Waals surface area contributed by atoms with Gasteiger partial charge in [0.1, 0.15) is 23.3 Å². The van der Waals surface area contributed by atoms with Crippen LogP contribution in [0.2, 0.25) is 5.02 Å². The van der Waals surface area contributed by atoms with Crippen molar-refractivity contribution >= 4 is 17.6 Å². The van der Waals surface area contributed by atoms with Crippen LogP contribution in [-0.4, -0.2) is 35.2 Å². The van der Waals surface area contributed by atoms with Crippen LogP contribution in [0, 0.1) is 5.82 Å². The van der Waals surface area contributed by atoms with E-state index < -0.39 is 17.4 Å². The molecule has 30 heavy (non-hydrogen) atoms. The Morgan fingerprint density at radius 1 is 1.23 bits per heavy atom. The van der Waals surface area contributed by atoms with Crippen LogP contribution in [-0.2, 0) is 11.3 Å². The lowest BCUT2D eigenvalue weighted by atomic mass is 9.99. The Morgan fingerprint density at radius 2 is 1.93 bits per heavy atom. The number of halogens is 2. The van der Waals surface area contributed by atoms with Gasteiger partial charge in [0.05, 0.1) is 10.6 Å². The molecule has 3 rings (SSSR count). The zero-order valence-electron chi connectivity index (χ0n) is 18.0. The lowest BCUT2D eigenvalue weighted by Gasteiger charge is -2.39. The number of hydrogen-bond donors (Lipinski definition) is 0. The Hall–Kier alpha value is -2.11. The summed E-state index contributed by atoms with van der Waals surface area (Å²) in [6.45, 7) is 9.12. The minimum Gasteiger partial charge on any atom is -0.487 e. The number of piperidine rings is 1. The molecular weight excluding hydrogens is 405 g/mol. The molecule has 0 amide bonds. The average Bonchev–Trinajstić information content (AvgIpc) is 2.67. The van der Waals surface area contributed by atoms with Gasteiger partial charge in [-0.3, -0.25) is 4.90 Å². The van der Waals surface area contributed by atoms with Crippen LogP contribution < -0.4 is 4.74 Å². The monoisotopic (exact) mass is 433 g/mol. The van der Waals surface area contributed by atoms with Crippen molar-refractivity contribution in [2.75, 3.05) is 6.54 Å². The average molecular weight is 434 g/mol. The Bertz CT molecular complexity index is 882. The van der Waals surface area contributed by atoms with Gasteiger partial charge in [0, 0.05) is 18.7 Å². The SMILES string of the molecule is C[C@H]1[C@H](Oc2cc(F)c(C(=O)OC(C)(C)C)cc2Cl)CCCN1Cc1ccccc1. The minimum absolute atomic E-state index is 0.119. The third kappa shape index (κ3) is 5.73. The van der Waals surface area contributed by atoms with Gasteiger partial charge in [-0.25, -0.2) is 9.18 Å². The molecule has 2 aromatic rings. The van der Waals surface area contributed by atoms with Crippen molar-refractivity contribution in [1.82, 2.24) is 4.90 Å². The summed E-state index contributed by atoms with van der Waals surface area (Å²) in [5.74, 6) is -1.19. The number of benzene rings is 2. The van der Waals surface area contributed by atoms with Crippen LogP contribution in [0.25, 0.3) is 0 Å². The molecule has 0 aliphatic carbocycles. The van der Waals surface area contributed by atoms with Crippen LogP contribution >= 0.6 is 11.6 Å². The van der Waals surface area contributed by atoms with E-state index in [1.807, 2.05) is 18.2 Å². The molecule has 0 unspecified atom stereocenters. The van der Waals surface area contributed by atoms with Gasteiger partial charge in [-0.2, -0.15) is 0 Å². The molecule has 6 heteroatoms. The van der Waals surface area contributed by atoms with Gasteiger partial charge in [0.25, 0.3) is 0 Å². The molecule has 0 bridgehead atoms. The summed E-state index contributed by atoms with van der Waals surface area (Å²) in [6.07, 6.45) is 1.72. The highest BCUT2D eigenvalue weighted by atomic mass is 35.5. The molecule has 0 radical (unpaired) electrons. The van der Waals surface area contributed by atoms with E-state index in [4.69, 9.17) is 21.1 Å². The summed E-state index contributed by atoms with van der Waals surface area (Å²) in [6, 6.07) is 12.9. The van der Waals surface area contributed by atoms with Crippen molar-refractivity contribution in [3.05, 3.63) is 64.4 Å². The van der Waals surface area contributed by atoms with Crippen LogP contribution in [0.5, 0.6) is 5.75 Å². The molecule has 0 saturated carbocycles. The number of carbonyl (C=O) groups excluding carboxylic acids is 1.